The summed E-state index contributed by atoms with van der Waals surface area (Å²) in [5.74, 6) is -2.03. The van der Waals surface area contributed by atoms with Crippen molar-refractivity contribution < 1.29 is 23.9 Å². The maximum atomic E-state index is 13.1. The fourth-order valence-corrected chi connectivity index (χ4v) is 4.47. The molecule has 0 atom stereocenters. The van der Waals surface area contributed by atoms with Gasteiger partial charge in [0.25, 0.3) is 17.7 Å². The molecule has 0 radical (unpaired) electrons. The van der Waals surface area contributed by atoms with Crippen molar-refractivity contribution in [2.24, 2.45) is 0 Å². The first-order valence-electron chi connectivity index (χ1n) is 12.1. The molecule has 4 rings (SSSR count). The number of halogens is 1. The summed E-state index contributed by atoms with van der Waals surface area (Å²) in [7, 11) is 0. The van der Waals surface area contributed by atoms with Gasteiger partial charge in [-0.2, -0.15) is 0 Å². The number of esters is 1. The fourth-order valence-electron chi connectivity index (χ4n) is 4.26. The minimum atomic E-state index is -0.702. The Hall–Kier alpha value is -3.65. The zero-order valence-corrected chi connectivity index (χ0v) is 20.8. The number of imide groups is 1. The van der Waals surface area contributed by atoms with Crippen molar-refractivity contribution in [3.63, 3.8) is 0 Å². The van der Waals surface area contributed by atoms with E-state index in [1.807, 2.05) is 6.92 Å². The van der Waals surface area contributed by atoms with Crippen molar-refractivity contribution >= 4 is 46.7 Å². The second-order valence-electron chi connectivity index (χ2n) is 8.83. The Morgan fingerprint density at radius 2 is 1.72 bits per heavy atom. The third-order valence-corrected chi connectivity index (χ3v) is 6.51. The molecule has 0 aromatic heterocycles. The smallest absolute Gasteiger partial charge is 0.338 e. The Morgan fingerprint density at radius 1 is 1.00 bits per heavy atom. The van der Waals surface area contributed by atoms with Crippen LogP contribution < -0.4 is 15.5 Å². The van der Waals surface area contributed by atoms with E-state index in [2.05, 4.69) is 10.6 Å². The van der Waals surface area contributed by atoms with Crippen LogP contribution in [0, 0.1) is 0 Å². The van der Waals surface area contributed by atoms with Crippen molar-refractivity contribution in [2.45, 2.75) is 51.5 Å². The second kappa shape index (κ2) is 11.4. The van der Waals surface area contributed by atoms with Gasteiger partial charge in [-0.1, -0.05) is 43.9 Å². The van der Waals surface area contributed by atoms with Crippen LogP contribution in [0.25, 0.3) is 0 Å². The van der Waals surface area contributed by atoms with Gasteiger partial charge in [0.05, 0.1) is 17.9 Å². The normalized spacial score (nSPS) is 16.3. The number of carbonyl (C=O) groups is 4. The molecule has 2 aromatic rings. The van der Waals surface area contributed by atoms with Gasteiger partial charge in [0, 0.05) is 17.3 Å². The van der Waals surface area contributed by atoms with Crippen molar-refractivity contribution in [1.82, 2.24) is 5.32 Å². The molecule has 1 fully saturated rings. The van der Waals surface area contributed by atoms with Crippen LogP contribution in [0.1, 0.15) is 66.2 Å². The summed E-state index contributed by atoms with van der Waals surface area (Å²) in [5, 5.41) is 5.70. The Morgan fingerprint density at radius 3 is 2.42 bits per heavy atom. The van der Waals surface area contributed by atoms with E-state index in [9.17, 15) is 19.2 Å². The van der Waals surface area contributed by atoms with E-state index >= 15 is 0 Å². The van der Waals surface area contributed by atoms with E-state index in [1.54, 1.807) is 42.5 Å². The summed E-state index contributed by atoms with van der Waals surface area (Å²) in [6, 6.07) is 12.9. The summed E-state index contributed by atoms with van der Waals surface area (Å²) in [5.41, 5.74) is 1.35. The lowest BCUT2D eigenvalue weighted by Gasteiger charge is -2.22. The van der Waals surface area contributed by atoms with Crippen LogP contribution in [0.15, 0.2) is 59.3 Å². The number of anilines is 2. The highest BCUT2D eigenvalue weighted by atomic mass is 35.5. The van der Waals surface area contributed by atoms with Gasteiger partial charge in [0.15, 0.2) is 0 Å². The van der Waals surface area contributed by atoms with Gasteiger partial charge in [-0.15, -0.1) is 0 Å². The van der Waals surface area contributed by atoms with E-state index in [1.165, 1.54) is 12.5 Å². The molecule has 0 bridgehead atoms. The van der Waals surface area contributed by atoms with Crippen LogP contribution in [0.3, 0.4) is 0 Å². The van der Waals surface area contributed by atoms with Gasteiger partial charge in [-0.05, 0) is 61.7 Å². The van der Waals surface area contributed by atoms with Crippen LogP contribution in [0.4, 0.5) is 11.4 Å². The minimum absolute atomic E-state index is 0.0833. The molecule has 0 saturated heterocycles. The molecule has 1 heterocycles. The second-order valence-corrected chi connectivity index (χ2v) is 9.21. The SMILES string of the molecule is CCCOC(=O)c1cccc(N2C(=O)C(Cl)=C(Nc3ccc(C(=O)NC4CCCCC4)cc3)C2=O)c1. The first-order valence-corrected chi connectivity index (χ1v) is 12.5. The number of hydrogen-bond donors (Lipinski definition) is 2. The molecule has 36 heavy (non-hydrogen) atoms. The Bertz CT molecular complexity index is 1200. The summed E-state index contributed by atoms with van der Waals surface area (Å²) in [6.45, 7) is 2.15. The highest BCUT2D eigenvalue weighted by molar-refractivity contribution is 6.53. The lowest BCUT2D eigenvalue weighted by molar-refractivity contribution is -0.120. The van der Waals surface area contributed by atoms with E-state index in [4.69, 9.17) is 16.3 Å². The predicted molar refractivity (Wildman–Crippen MR) is 137 cm³/mol. The Labute approximate surface area is 214 Å². The van der Waals surface area contributed by atoms with Crippen LogP contribution in [0.5, 0.6) is 0 Å². The molecule has 2 aromatic carbocycles. The van der Waals surface area contributed by atoms with Crippen molar-refractivity contribution in [3.05, 3.63) is 70.4 Å². The predicted octanol–water partition coefficient (Wildman–Crippen LogP) is 4.75. The third kappa shape index (κ3) is 5.60. The van der Waals surface area contributed by atoms with Gasteiger partial charge in [0.2, 0.25) is 0 Å². The van der Waals surface area contributed by atoms with Gasteiger partial charge in [0.1, 0.15) is 10.7 Å². The molecular formula is C27H28ClN3O5. The topological polar surface area (TPSA) is 105 Å². The number of nitrogens with one attached hydrogen (secondary N) is 2. The molecule has 9 heteroatoms. The summed E-state index contributed by atoms with van der Waals surface area (Å²) >= 11 is 6.23. The molecule has 0 unspecified atom stereocenters. The fraction of sp³-hybridized carbons (Fsp3) is 0.333. The van der Waals surface area contributed by atoms with Gasteiger partial charge in [-0.3, -0.25) is 14.4 Å². The Kier molecular flexibility index (Phi) is 8.05. The van der Waals surface area contributed by atoms with E-state index in [0.717, 1.165) is 30.6 Å². The maximum absolute atomic E-state index is 13.1. The number of ether oxygens (including phenoxy) is 1. The number of rotatable bonds is 8. The Balaban J connectivity index is 1.44. The molecule has 1 aliphatic heterocycles. The molecule has 2 aliphatic rings. The molecule has 1 aliphatic carbocycles. The first-order chi connectivity index (χ1) is 17.4. The lowest BCUT2D eigenvalue weighted by atomic mass is 9.95. The van der Waals surface area contributed by atoms with Gasteiger partial charge < -0.3 is 15.4 Å². The quantitative estimate of drug-likeness (QED) is 0.393. The van der Waals surface area contributed by atoms with Gasteiger partial charge in [-0.25, -0.2) is 9.69 Å². The zero-order chi connectivity index (χ0) is 25.7. The van der Waals surface area contributed by atoms with E-state index in [0.29, 0.717) is 17.7 Å². The minimum Gasteiger partial charge on any atom is -0.462 e. The molecule has 1 saturated carbocycles. The van der Waals surface area contributed by atoms with E-state index < -0.39 is 17.8 Å². The van der Waals surface area contributed by atoms with Crippen molar-refractivity contribution in [2.75, 3.05) is 16.8 Å². The molecule has 0 spiro atoms. The highest BCUT2D eigenvalue weighted by Crippen LogP contribution is 2.31. The average Bonchev–Trinajstić information content (AvgIpc) is 3.11. The number of carbonyl (C=O) groups excluding carboxylic acids is 4. The average molecular weight is 510 g/mol. The molecule has 188 valence electrons. The summed E-state index contributed by atoms with van der Waals surface area (Å²) in [6.07, 6.45) is 6.12. The summed E-state index contributed by atoms with van der Waals surface area (Å²) in [4.78, 5) is 51.6. The highest BCUT2D eigenvalue weighted by Gasteiger charge is 2.39. The summed E-state index contributed by atoms with van der Waals surface area (Å²) < 4.78 is 5.13. The zero-order valence-electron chi connectivity index (χ0n) is 20.0. The van der Waals surface area contributed by atoms with Crippen molar-refractivity contribution in [3.8, 4) is 0 Å². The monoisotopic (exact) mass is 509 g/mol. The first kappa shape index (κ1) is 25.4. The maximum Gasteiger partial charge on any atom is 0.338 e. The molecule has 2 N–H and O–H groups in total. The third-order valence-electron chi connectivity index (χ3n) is 6.16. The van der Waals surface area contributed by atoms with Crippen LogP contribution in [0.2, 0.25) is 0 Å². The number of nitrogens with zero attached hydrogens (tertiary/aromatic N) is 1. The molecule has 3 amide bonds. The van der Waals surface area contributed by atoms with Crippen LogP contribution >= 0.6 is 11.6 Å². The number of amides is 3. The van der Waals surface area contributed by atoms with Crippen LogP contribution in [-0.4, -0.2) is 36.3 Å². The molecule has 8 nitrogen and oxygen atoms in total. The largest absolute Gasteiger partial charge is 0.462 e. The lowest BCUT2D eigenvalue weighted by Crippen LogP contribution is -2.36. The van der Waals surface area contributed by atoms with Crippen LogP contribution in [-0.2, 0) is 14.3 Å². The van der Waals surface area contributed by atoms with E-state index in [-0.39, 0.29) is 40.5 Å². The standard InChI is InChI=1S/C27H28ClN3O5/c1-2-15-36-27(35)18-7-6-10-21(16-18)31-25(33)22(28)23(26(31)34)29-20-13-11-17(12-14-20)24(32)30-19-8-4-3-5-9-19/h6-7,10-14,16,19,29H,2-5,8-9,15H2,1H3,(H,30,32). The molecular weight excluding hydrogens is 482 g/mol. The van der Waals surface area contributed by atoms with Gasteiger partial charge >= 0.3 is 5.97 Å². The van der Waals surface area contributed by atoms with Crippen molar-refractivity contribution in [1.29, 1.82) is 0 Å². The number of hydrogen-bond acceptors (Lipinski definition) is 6. The number of benzene rings is 2.